The molecule has 0 saturated carbocycles. The lowest BCUT2D eigenvalue weighted by molar-refractivity contribution is 0.123. The van der Waals surface area contributed by atoms with Crippen LogP contribution in [0.25, 0.3) is 0 Å². The number of hydrogen-bond donors (Lipinski definition) is 1. The van der Waals surface area contributed by atoms with Gasteiger partial charge in [0.1, 0.15) is 11.4 Å². The summed E-state index contributed by atoms with van der Waals surface area (Å²) in [6, 6.07) is 1.85. The maximum Gasteiger partial charge on any atom is 0.219 e. The van der Waals surface area contributed by atoms with E-state index in [1.54, 1.807) is 0 Å². The summed E-state index contributed by atoms with van der Waals surface area (Å²) in [6.07, 6.45) is 3.02. The third-order valence-electron chi connectivity index (χ3n) is 1.83. The zero-order valence-electron chi connectivity index (χ0n) is 11.2. The summed E-state index contributed by atoms with van der Waals surface area (Å²) in [5, 5.41) is 3.98. The Bertz CT molecular complexity index is 363. The van der Waals surface area contributed by atoms with Gasteiger partial charge in [-0.2, -0.15) is 4.98 Å². The molecule has 0 saturated heterocycles. The highest BCUT2D eigenvalue weighted by Gasteiger charge is 2.14. The Morgan fingerprint density at radius 3 is 2.59 bits per heavy atom. The van der Waals surface area contributed by atoms with E-state index in [4.69, 9.17) is 4.74 Å². The average Bonchev–Trinajstić information content (AvgIpc) is 2.23. The number of rotatable bonds is 5. The first-order valence-electron chi connectivity index (χ1n) is 5.80. The molecule has 0 fully saturated rings. The Kier molecular flexibility index (Phi) is 5.05. The third kappa shape index (κ3) is 5.26. The molecule has 17 heavy (non-hydrogen) atoms. The lowest BCUT2D eigenvalue weighted by atomic mass is 10.2. The van der Waals surface area contributed by atoms with E-state index in [1.165, 1.54) is 11.8 Å². The van der Waals surface area contributed by atoms with Crippen LogP contribution in [0.5, 0.6) is 5.88 Å². The zero-order chi connectivity index (χ0) is 12.9. The maximum atomic E-state index is 5.76. The van der Waals surface area contributed by atoms with Gasteiger partial charge in [-0.15, -0.1) is 0 Å². The van der Waals surface area contributed by atoms with Gasteiger partial charge in [0.2, 0.25) is 5.88 Å². The quantitative estimate of drug-likeness (QED) is 0.646. The molecular weight excluding hydrogens is 234 g/mol. The molecule has 0 aliphatic rings. The summed E-state index contributed by atoms with van der Waals surface area (Å²) in [5.41, 5.74) is -0.244. The third-order valence-corrected chi connectivity index (χ3v) is 2.38. The molecule has 1 aromatic heterocycles. The molecule has 0 bridgehead atoms. The highest BCUT2D eigenvalue weighted by molar-refractivity contribution is 7.98. The van der Waals surface area contributed by atoms with Crippen LogP contribution in [-0.2, 0) is 0 Å². The lowest BCUT2D eigenvalue weighted by Crippen LogP contribution is -2.23. The van der Waals surface area contributed by atoms with Crippen LogP contribution >= 0.6 is 11.8 Å². The van der Waals surface area contributed by atoms with E-state index in [2.05, 4.69) is 22.2 Å². The second-order valence-corrected chi connectivity index (χ2v) is 5.49. The summed E-state index contributed by atoms with van der Waals surface area (Å²) < 4.78 is 5.76. The lowest BCUT2D eigenvalue weighted by Gasteiger charge is -2.20. The first-order chi connectivity index (χ1) is 7.94. The fraction of sp³-hybridized carbons (Fsp3) is 0.667. The van der Waals surface area contributed by atoms with Crippen molar-refractivity contribution in [1.82, 2.24) is 9.97 Å². The van der Waals surface area contributed by atoms with E-state index in [-0.39, 0.29) is 5.60 Å². The highest BCUT2D eigenvalue weighted by Crippen LogP contribution is 2.22. The molecule has 0 unspecified atom stereocenters. The van der Waals surface area contributed by atoms with Gasteiger partial charge in [-0.1, -0.05) is 18.7 Å². The number of aromatic nitrogens is 2. The molecule has 0 spiro atoms. The molecule has 1 aromatic rings. The van der Waals surface area contributed by atoms with E-state index in [1.807, 2.05) is 33.1 Å². The molecule has 0 aromatic carbocycles. The molecular formula is C12H21N3OS. The Hall–Kier alpha value is -0.970. The monoisotopic (exact) mass is 255 g/mol. The summed E-state index contributed by atoms with van der Waals surface area (Å²) >= 11 is 1.51. The van der Waals surface area contributed by atoms with E-state index < -0.39 is 0 Å². The first-order valence-corrected chi connectivity index (χ1v) is 7.03. The average molecular weight is 255 g/mol. The number of thioether (sulfide) groups is 1. The second-order valence-electron chi connectivity index (χ2n) is 4.72. The van der Waals surface area contributed by atoms with Crippen LogP contribution in [0.15, 0.2) is 11.2 Å². The summed E-state index contributed by atoms with van der Waals surface area (Å²) in [6.45, 7) is 9.04. The number of nitrogens with one attached hydrogen (secondary N) is 1. The van der Waals surface area contributed by atoms with Crippen molar-refractivity contribution in [2.45, 2.75) is 44.9 Å². The van der Waals surface area contributed by atoms with Crippen LogP contribution in [0, 0.1) is 0 Å². The topological polar surface area (TPSA) is 47.0 Å². The van der Waals surface area contributed by atoms with Crippen molar-refractivity contribution in [3.05, 3.63) is 6.07 Å². The van der Waals surface area contributed by atoms with Gasteiger partial charge >= 0.3 is 0 Å². The minimum absolute atomic E-state index is 0.244. The second kappa shape index (κ2) is 6.10. The SMILES string of the molecule is CCCNc1cc(OC(C)(C)C)nc(SC)n1. The molecule has 0 atom stereocenters. The largest absolute Gasteiger partial charge is 0.472 e. The molecule has 1 rings (SSSR count). The number of hydrogen-bond acceptors (Lipinski definition) is 5. The van der Waals surface area contributed by atoms with Crippen molar-refractivity contribution < 1.29 is 4.74 Å². The van der Waals surface area contributed by atoms with Crippen molar-refractivity contribution in [3.8, 4) is 5.88 Å². The minimum Gasteiger partial charge on any atom is -0.472 e. The van der Waals surface area contributed by atoms with Crippen molar-refractivity contribution in [1.29, 1.82) is 0 Å². The normalized spacial score (nSPS) is 11.4. The molecule has 0 amide bonds. The van der Waals surface area contributed by atoms with Crippen LogP contribution in [0.1, 0.15) is 34.1 Å². The molecule has 1 heterocycles. The Morgan fingerprint density at radius 2 is 2.06 bits per heavy atom. The fourth-order valence-corrected chi connectivity index (χ4v) is 1.58. The van der Waals surface area contributed by atoms with E-state index in [0.29, 0.717) is 5.88 Å². The summed E-state index contributed by atoms with van der Waals surface area (Å²) in [7, 11) is 0. The van der Waals surface area contributed by atoms with Crippen molar-refractivity contribution >= 4 is 17.6 Å². The molecule has 1 N–H and O–H groups in total. The van der Waals surface area contributed by atoms with Gasteiger partial charge in [-0.25, -0.2) is 4.98 Å². The molecule has 4 nitrogen and oxygen atoms in total. The molecule has 5 heteroatoms. The van der Waals surface area contributed by atoms with Gasteiger partial charge in [0, 0.05) is 12.6 Å². The minimum atomic E-state index is -0.244. The van der Waals surface area contributed by atoms with Gasteiger partial charge in [0.05, 0.1) is 0 Å². The number of nitrogens with zero attached hydrogens (tertiary/aromatic N) is 2. The Balaban J connectivity index is 2.88. The van der Waals surface area contributed by atoms with Crippen LogP contribution < -0.4 is 10.1 Å². The molecule has 96 valence electrons. The number of anilines is 1. The molecule has 0 radical (unpaired) electrons. The zero-order valence-corrected chi connectivity index (χ0v) is 12.0. The van der Waals surface area contributed by atoms with Gasteiger partial charge < -0.3 is 10.1 Å². The summed E-state index contributed by atoms with van der Waals surface area (Å²) in [4.78, 5) is 8.72. The van der Waals surface area contributed by atoms with Crippen molar-refractivity contribution in [3.63, 3.8) is 0 Å². The van der Waals surface area contributed by atoms with Gasteiger partial charge in [-0.3, -0.25) is 0 Å². The van der Waals surface area contributed by atoms with E-state index in [9.17, 15) is 0 Å². The van der Waals surface area contributed by atoms with Crippen molar-refractivity contribution in [2.75, 3.05) is 18.1 Å². The Labute approximate surface area is 108 Å². The van der Waals surface area contributed by atoms with Crippen LogP contribution in [0.4, 0.5) is 5.82 Å². The first kappa shape index (κ1) is 14.1. The predicted molar refractivity (Wildman–Crippen MR) is 73.0 cm³/mol. The summed E-state index contributed by atoms with van der Waals surface area (Å²) in [5.74, 6) is 1.45. The van der Waals surface area contributed by atoms with Crippen molar-refractivity contribution in [2.24, 2.45) is 0 Å². The fourth-order valence-electron chi connectivity index (χ4n) is 1.20. The van der Waals surface area contributed by atoms with E-state index in [0.717, 1.165) is 23.9 Å². The predicted octanol–water partition coefficient (Wildman–Crippen LogP) is 3.20. The smallest absolute Gasteiger partial charge is 0.219 e. The van der Waals surface area contributed by atoms with Gasteiger partial charge in [0.15, 0.2) is 5.16 Å². The van der Waals surface area contributed by atoms with Gasteiger partial charge in [-0.05, 0) is 33.4 Å². The Morgan fingerprint density at radius 1 is 1.35 bits per heavy atom. The van der Waals surface area contributed by atoms with E-state index >= 15 is 0 Å². The molecule has 0 aliphatic heterocycles. The maximum absolute atomic E-state index is 5.76. The van der Waals surface area contributed by atoms with Crippen LogP contribution in [-0.4, -0.2) is 28.4 Å². The van der Waals surface area contributed by atoms with Crippen LogP contribution in [0.3, 0.4) is 0 Å². The van der Waals surface area contributed by atoms with Crippen LogP contribution in [0.2, 0.25) is 0 Å². The highest BCUT2D eigenvalue weighted by atomic mass is 32.2. The van der Waals surface area contributed by atoms with Gasteiger partial charge in [0.25, 0.3) is 0 Å². The molecule has 0 aliphatic carbocycles. The number of ether oxygens (including phenoxy) is 1. The standard InChI is InChI=1S/C12H21N3OS/c1-6-7-13-9-8-10(16-12(2,3)4)15-11(14-9)17-5/h8H,6-7H2,1-5H3,(H,13,14,15).